The first-order valence-corrected chi connectivity index (χ1v) is 10.4. The molecule has 0 bridgehead atoms. The quantitative estimate of drug-likeness (QED) is 0.686. The Morgan fingerprint density at radius 2 is 1.86 bits per heavy atom. The first-order chi connectivity index (χ1) is 13.6. The number of nitrogens with one attached hydrogen (secondary N) is 1. The van der Waals surface area contributed by atoms with Gasteiger partial charge >= 0.3 is 0 Å². The van der Waals surface area contributed by atoms with Gasteiger partial charge in [-0.25, -0.2) is 0 Å². The second-order valence-corrected chi connectivity index (χ2v) is 7.43. The Balaban J connectivity index is 1.45. The van der Waals surface area contributed by atoms with Crippen LogP contribution in [0, 0.1) is 0 Å². The Morgan fingerprint density at radius 1 is 1.11 bits per heavy atom. The molecule has 0 spiro atoms. The molecule has 1 saturated heterocycles. The maximum absolute atomic E-state index is 12.2. The number of hydrogen-bond donors (Lipinski definition) is 1. The van der Waals surface area contributed by atoms with Crippen molar-refractivity contribution in [3.05, 3.63) is 42.0 Å². The number of benzene rings is 1. The second kappa shape index (κ2) is 10.1. The number of carbonyl (C=O) groups is 2. The highest BCUT2D eigenvalue weighted by Crippen LogP contribution is 2.18. The molecule has 1 aromatic heterocycles. The van der Waals surface area contributed by atoms with Crippen LogP contribution in [0.1, 0.15) is 25.3 Å². The second-order valence-electron chi connectivity index (χ2n) is 6.44. The van der Waals surface area contributed by atoms with E-state index in [1.165, 1.54) is 11.8 Å². The van der Waals surface area contributed by atoms with Crippen molar-refractivity contribution in [2.75, 3.05) is 30.8 Å². The van der Waals surface area contributed by atoms with Crippen molar-refractivity contribution in [1.29, 1.82) is 0 Å². The molecule has 2 amide bonds. The number of anilines is 1. The monoisotopic (exact) mass is 400 g/mol. The van der Waals surface area contributed by atoms with Crippen molar-refractivity contribution >= 4 is 29.4 Å². The number of rotatable bonds is 8. The Bertz CT molecular complexity index is 790. The number of amides is 2. The average Bonchev–Trinajstić information content (AvgIpc) is 3.24. The van der Waals surface area contributed by atoms with Gasteiger partial charge in [0.1, 0.15) is 10.8 Å². The molecule has 0 aliphatic carbocycles. The summed E-state index contributed by atoms with van der Waals surface area (Å²) in [5, 5.41) is 11.5. The van der Waals surface area contributed by atoms with Crippen molar-refractivity contribution < 1.29 is 14.3 Å². The van der Waals surface area contributed by atoms with Crippen LogP contribution in [0.4, 0.5) is 5.82 Å². The summed E-state index contributed by atoms with van der Waals surface area (Å²) < 4.78 is 5.39. The number of hydrogen-bond acceptors (Lipinski definition) is 6. The fourth-order valence-corrected chi connectivity index (χ4v) is 3.62. The van der Waals surface area contributed by atoms with E-state index < -0.39 is 0 Å². The molecule has 1 fully saturated rings. The maximum Gasteiger partial charge on any atom is 0.232 e. The number of carbonyl (C=O) groups excluding carboxylic acids is 2. The van der Waals surface area contributed by atoms with Crippen molar-refractivity contribution in [3.8, 4) is 5.75 Å². The van der Waals surface area contributed by atoms with Gasteiger partial charge in [0, 0.05) is 13.1 Å². The van der Waals surface area contributed by atoms with Gasteiger partial charge in [-0.3, -0.25) is 9.59 Å². The Kier molecular flexibility index (Phi) is 7.25. The molecule has 0 unspecified atom stereocenters. The van der Waals surface area contributed by atoms with Crippen LogP contribution in [0.3, 0.4) is 0 Å². The van der Waals surface area contributed by atoms with Gasteiger partial charge in [-0.15, -0.1) is 10.2 Å². The minimum absolute atomic E-state index is 0.136. The van der Waals surface area contributed by atoms with Crippen molar-refractivity contribution in [2.24, 2.45) is 0 Å². The fraction of sp³-hybridized carbons (Fsp3) is 0.400. The van der Waals surface area contributed by atoms with Gasteiger partial charge in [0.05, 0.1) is 18.8 Å². The number of nitrogens with zero attached hydrogens (tertiary/aromatic N) is 3. The van der Waals surface area contributed by atoms with Crippen molar-refractivity contribution in [3.63, 3.8) is 0 Å². The summed E-state index contributed by atoms with van der Waals surface area (Å²) in [6, 6.07) is 10.9. The zero-order chi connectivity index (χ0) is 19.8. The lowest BCUT2D eigenvalue weighted by Gasteiger charge is -2.14. The fourth-order valence-electron chi connectivity index (χ4n) is 2.90. The van der Waals surface area contributed by atoms with E-state index in [4.69, 9.17) is 4.74 Å². The van der Waals surface area contributed by atoms with Crippen LogP contribution in [-0.2, 0) is 16.0 Å². The summed E-state index contributed by atoms with van der Waals surface area (Å²) in [7, 11) is 0. The number of ether oxygens (including phenoxy) is 1. The summed E-state index contributed by atoms with van der Waals surface area (Å²) in [6.45, 7) is 4.24. The lowest BCUT2D eigenvalue weighted by atomic mass is 10.1. The average molecular weight is 401 g/mol. The molecular weight excluding hydrogens is 376 g/mol. The predicted molar refractivity (Wildman–Crippen MR) is 109 cm³/mol. The zero-order valence-corrected chi connectivity index (χ0v) is 16.7. The highest BCUT2D eigenvalue weighted by Gasteiger charge is 2.18. The number of aromatic nitrogens is 2. The lowest BCUT2D eigenvalue weighted by Crippen LogP contribution is -2.29. The van der Waals surface area contributed by atoms with E-state index in [1.807, 2.05) is 36.1 Å². The smallest absolute Gasteiger partial charge is 0.232 e. The lowest BCUT2D eigenvalue weighted by molar-refractivity contribution is -0.127. The molecule has 1 N–H and O–H groups in total. The first kappa shape index (κ1) is 20.1. The van der Waals surface area contributed by atoms with Gasteiger partial charge in [-0.1, -0.05) is 23.9 Å². The molecule has 3 rings (SSSR count). The van der Waals surface area contributed by atoms with Crippen LogP contribution in [0.5, 0.6) is 5.75 Å². The normalized spacial score (nSPS) is 13.4. The van der Waals surface area contributed by atoms with E-state index in [1.54, 1.807) is 12.1 Å². The molecule has 0 atom stereocenters. The largest absolute Gasteiger partial charge is 0.494 e. The summed E-state index contributed by atoms with van der Waals surface area (Å²) in [5.74, 6) is 1.51. The minimum Gasteiger partial charge on any atom is -0.494 e. The predicted octanol–water partition coefficient (Wildman–Crippen LogP) is 2.77. The van der Waals surface area contributed by atoms with Crippen molar-refractivity contribution in [2.45, 2.75) is 31.2 Å². The molecule has 0 radical (unpaired) electrons. The third-order valence-corrected chi connectivity index (χ3v) is 5.21. The molecule has 2 heterocycles. The maximum atomic E-state index is 12.2. The summed E-state index contributed by atoms with van der Waals surface area (Å²) >= 11 is 1.36. The third kappa shape index (κ3) is 5.95. The standard InChI is InChI=1S/C20H24N4O3S/c1-2-27-16-7-5-15(6-8-16)13-18(25)21-17-9-10-19(23-22-17)28-14-20(26)24-11-3-4-12-24/h5-10H,2-4,11-14H2,1H3,(H,21,22,25). The Hall–Kier alpha value is -2.61. The molecule has 1 aliphatic rings. The van der Waals surface area contributed by atoms with E-state index in [0.717, 1.165) is 37.2 Å². The summed E-state index contributed by atoms with van der Waals surface area (Å²) in [5.41, 5.74) is 0.890. The van der Waals surface area contributed by atoms with Gasteiger partial charge < -0.3 is 15.0 Å². The molecule has 2 aromatic rings. The van der Waals surface area contributed by atoms with Gasteiger partial charge in [0.25, 0.3) is 0 Å². The summed E-state index contributed by atoms with van der Waals surface area (Å²) in [4.78, 5) is 26.1. The van der Waals surface area contributed by atoms with E-state index in [-0.39, 0.29) is 18.2 Å². The van der Waals surface area contributed by atoms with Gasteiger partial charge in [-0.2, -0.15) is 0 Å². The molecule has 7 nitrogen and oxygen atoms in total. The minimum atomic E-state index is -0.164. The van der Waals surface area contributed by atoms with E-state index >= 15 is 0 Å². The van der Waals surface area contributed by atoms with Crippen LogP contribution in [0.15, 0.2) is 41.4 Å². The molecule has 28 heavy (non-hydrogen) atoms. The molecule has 148 valence electrons. The highest BCUT2D eigenvalue weighted by atomic mass is 32.2. The molecule has 1 aliphatic heterocycles. The summed E-state index contributed by atoms with van der Waals surface area (Å²) in [6.07, 6.45) is 2.41. The van der Waals surface area contributed by atoms with Crippen LogP contribution >= 0.6 is 11.8 Å². The van der Waals surface area contributed by atoms with Crippen molar-refractivity contribution in [1.82, 2.24) is 15.1 Å². The SMILES string of the molecule is CCOc1ccc(CC(=O)Nc2ccc(SCC(=O)N3CCCC3)nn2)cc1. The van der Waals surface area contributed by atoms with Crippen LogP contribution in [0.25, 0.3) is 0 Å². The zero-order valence-electron chi connectivity index (χ0n) is 15.9. The highest BCUT2D eigenvalue weighted by molar-refractivity contribution is 7.99. The van der Waals surface area contributed by atoms with Gasteiger partial charge in [0.15, 0.2) is 5.82 Å². The first-order valence-electron chi connectivity index (χ1n) is 9.40. The van der Waals surface area contributed by atoms with Crippen LogP contribution in [0.2, 0.25) is 0 Å². The van der Waals surface area contributed by atoms with E-state index in [0.29, 0.717) is 23.2 Å². The number of thioether (sulfide) groups is 1. The topological polar surface area (TPSA) is 84.4 Å². The van der Waals surface area contributed by atoms with E-state index in [2.05, 4.69) is 15.5 Å². The van der Waals surface area contributed by atoms with Gasteiger partial charge in [0.2, 0.25) is 11.8 Å². The van der Waals surface area contributed by atoms with E-state index in [9.17, 15) is 9.59 Å². The van der Waals surface area contributed by atoms with Gasteiger partial charge in [-0.05, 0) is 49.6 Å². The van der Waals surface area contributed by atoms with Crippen LogP contribution < -0.4 is 10.1 Å². The molecular formula is C20H24N4O3S. The third-order valence-electron chi connectivity index (χ3n) is 4.31. The molecule has 1 aromatic carbocycles. The molecule has 8 heteroatoms. The van der Waals surface area contributed by atoms with Crippen LogP contribution in [-0.4, -0.2) is 52.4 Å². The number of likely N-dealkylation sites (tertiary alicyclic amines) is 1. The Labute approximate surface area is 168 Å². The Morgan fingerprint density at radius 3 is 2.50 bits per heavy atom. The molecule has 0 saturated carbocycles.